The molecule has 0 saturated heterocycles. The monoisotopic (exact) mass is 353 g/mol. The summed E-state index contributed by atoms with van der Waals surface area (Å²) in [6.07, 6.45) is 1.64. The Kier molecular flexibility index (Phi) is 5.40. The van der Waals surface area contributed by atoms with E-state index in [0.29, 0.717) is 11.4 Å². The van der Waals surface area contributed by atoms with Crippen molar-refractivity contribution >= 4 is 42.0 Å². The van der Waals surface area contributed by atoms with E-state index in [0.717, 1.165) is 15.5 Å². The fourth-order valence-corrected chi connectivity index (χ4v) is 2.95. The van der Waals surface area contributed by atoms with E-state index in [9.17, 15) is 4.79 Å². The smallest absolute Gasteiger partial charge is 0.256 e. The van der Waals surface area contributed by atoms with E-state index in [1.54, 1.807) is 30.5 Å². The Labute approximate surface area is 150 Å². The van der Waals surface area contributed by atoms with Gasteiger partial charge in [-0.15, -0.1) is 12.6 Å². The molecule has 2 aromatic carbocycles. The van der Waals surface area contributed by atoms with Crippen molar-refractivity contribution in [3.8, 4) is 0 Å². The zero-order valence-electron chi connectivity index (χ0n) is 12.6. The fraction of sp³-hybridized carbons (Fsp3) is 0. The lowest BCUT2D eigenvalue weighted by molar-refractivity contribution is 0.102. The number of nitrogens with one attached hydrogen (secondary N) is 2. The number of pyridine rings is 1. The maximum Gasteiger partial charge on any atom is 0.256 e. The molecule has 0 aliphatic carbocycles. The number of rotatable bonds is 5. The molecule has 0 fully saturated rings. The molecule has 0 atom stereocenters. The standard InChI is InChI=1S/C18H15N3OS2/c22-18(20-17-7-3-4-12-19-17)13-8-10-14(11-9-13)21-24-16-6-2-1-5-15(16)23/h1-12,21,23H,(H,19,20,22). The summed E-state index contributed by atoms with van der Waals surface area (Å²) in [4.78, 5) is 18.2. The molecule has 4 nitrogen and oxygen atoms in total. The van der Waals surface area contributed by atoms with E-state index >= 15 is 0 Å². The van der Waals surface area contributed by atoms with Crippen molar-refractivity contribution in [1.82, 2.24) is 4.98 Å². The van der Waals surface area contributed by atoms with Crippen LogP contribution in [0.3, 0.4) is 0 Å². The van der Waals surface area contributed by atoms with Crippen molar-refractivity contribution in [3.05, 3.63) is 78.5 Å². The topological polar surface area (TPSA) is 54.0 Å². The number of amides is 1. The van der Waals surface area contributed by atoms with Gasteiger partial charge in [-0.1, -0.05) is 18.2 Å². The molecule has 3 aromatic rings. The number of hydrogen-bond donors (Lipinski definition) is 3. The van der Waals surface area contributed by atoms with Crippen LogP contribution in [-0.4, -0.2) is 10.9 Å². The minimum atomic E-state index is -0.186. The van der Waals surface area contributed by atoms with E-state index in [1.165, 1.54) is 11.9 Å². The molecule has 1 amide bonds. The van der Waals surface area contributed by atoms with Gasteiger partial charge in [0.05, 0.1) is 0 Å². The molecular formula is C18H15N3OS2. The second kappa shape index (κ2) is 7.90. The molecule has 1 heterocycles. The van der Waals surface area contributed by atoms with E-state index in [-0.39, 0.29) is 5.91 Å². The van der Waals surface area contributed by atoms with Crippen LogP contribution >= 0.6 is 24.6 Å². The molecule has 6 heteroatoms. The van der Waals surface area contributed by atoms with Crippen molar-refractivity contribution in [2.75, 3.05) is 10.0 Å². The van der Waals surface area contributed by atoms with Crippen LogP contribution in [0, 0.1) is 0 Å². The minimum absolute atomic E-state index is 0.186. The van der Waals surface area contributed by atoms with Crippen molar-refractivity contribution in [1.29, 1.82) is 0 Å². The summed E-state index contributed by atoms with van der Waals surface area (Å²) in [5.74, 6) is 0.347. The molecule has 0 saturated carbocycles. The van der Waals surface area contributed by atoms with Crippen LogP contribution in [0.1, 0.15) is 10.4 Å². The zero-order valence-corrected chi connectivity index (χ0v) is 14.4. The third-order valence-corrected chi connectivity index (χ3v) is 4.65. The zero-order chi connectivity index (χ0) is 16.8. The van der Waals surface area contributed by atoms with Crippen LogP contribution in [0.5, 0.6) is 0 Å². The summed E-state index contributed by atoms with van der Waals surface area (Å²) in [6, 6.07) is 20.5. The van der Waals surface area contributed by atoms with E-state index in [1.807, 2.05) is 42.5 Å². The number of thiol groups is 1. The van der Waals surface area contributed by atoms with E-state index < -0.39 is 0 Å². The van der Waals surface area contributed by atoms with Gasteiger partial charge in [0.1, 0.15) is 5.82 Å². The maximum atomic E-state index is 12.2. The Morgan fingerprint density at radius 2 is 1.71 bits per heavy atom. The molecular weight excluding hydrogens is 338 g/mol. The predicted octanol–water partition coefficient (Wildman–Crippen LogP) is 4.74. The highest BCUT2D eigenvalue weighted by molar-refractivity contribution is 8.01. The summed E-state index contributed by atoms with van der Waals surface area (Å²) in [5, 5.41) is 2.76. The summed E-state index contributed by atoms with van der Waals surface area (Å²) < 4.78 is 3.24. The summed E-state index contributed by atoms with van der Waals surface area (Å²) in [5.41, 5.74) is 1.48. The normalized spacial score (nSPS) is 10.2. The van der Waals surface area contributed by atoms with Gasteiger partial charge in [-0.3, -0.25) is 4.79 Å². The second-order valence-electron chi connectivity index (χ2n) is 4.92. The average molecular weight is 353 g/mol. The van der Waals surface area contributed by atoms with Crippen molar-refractivity contribution in [2.45, 2.75) is 9.79 Å². The average Bonchev–Trinajstić information content (AvgIpc) is 2.62. The quantitative estimate of drug-likeness (QED) is 0.458. The van der Waals surface area contributed by atoms with Crippen LogP contribution in [0.2, 0.25) is 0 Å². The minimum Gasteiger partial charge on any atom is -0.326 e. The van der Waals surface area contributed by atoms with Crippen LogP contribution in [0.25, 0.3) is 0 Å². The number of anilines is 2. The molecule has 3 rings (SSSR count). The van der Waals surface area contributed by atoms with E-state index in [4.69, 9.17) is 0 Å². The Morgan fingerprint density at radius 1 is 0.958 bits per heavy atom. The van der Waals surface area contributed by atoms with Crippen LogP contribution in [0.4, 0.5) is 11.5 Å². The number of aromatic nitrogens is 1. The first-order chi connectivity index (χ1) is 11.7. The lowest BCUT2D eigenvalue weighted by atomic mass is 10.2. The molecule has 1 aromatic heterocycles. The summed E-state index contributed by atoms with van der Waals surface area (Å²) in [6.45, 7) is 0. The highest BCUT2D eigenvalue weighted by Gasteiger charge is 2.06. The van der Waals surface area contributed by atoms with Gasteiger partial charge < -0.3 is 10.0 Å². The van der Waals surface area contributed by atoms with Gasteiger partial charge in [0.15, 0.2) is 0 Å². The number of carbonyl (C=O) groups is 1. The van der Waals surface area contributed by atoms with Gasteiger partial charge in [-0.2, -0.15) is 0 Å². The molecule has 24 heavy (non-hydrogen) atoms. The third kappa shape index (κ3) is 4.31. The largest absolute Gasteiger partial charge is 0.326 e. The third-order valence-electron chi connectivity index (χ3n) is 3.20. The molecule has 0 aliphatic heterocycles. The van der Waals surface area contributed by atoms with Gasteiger partial charge in [0.25, 0.3) is 5.91 Å². The summed E-state index contributed by atoms with van der Waals surface area (Å²) >= 11 is 5.90. The first-order valence-electron chi connectivity index (χ1n) is 7.26. The van der Waals surface area contributed by atoms with Crippen molar-refractivity contribution in [2.24, 2.45) is 0 Å². The van der Waals surface area contributed by atoms with E-state index in [2.05, 4.69) is 27.7 Å². The fourth-order valence-electron chi connectivity index (χ4n) is 1.97. The van der Waals surface area contributed by atoms with Crippen LogP contribution < -0.4 is 10.0 Å². The lowest BCUT2D eigenvalue weighted by Gasteiger charge is -2.08. The molecule has 0 spiro atoms. The highest BCUT2D eigenvalue weighted by atomic mass is 32.2. The second-order valence-corrected chi connectivity index (χ2v) is 6.25. The number of nitrogens with zero attached hydrogens (tertiary/aromatic N) is 1. The Balaban J connectivity index is 1.61. The Bertz CT molecular complexity index is 823. The lowest BCUT2D eigenvalue weighted by Crippen LogP contribution is -2.12. The van der Waals surface area contributed by atoms with Crippen molar-refractivity contribution in [3.63, 3.8) is 0 Å². The summed E-state index contributed by atoms with van der Waals surface area (Å²) in [7, 11) is 0. The molecule has 0 bridgehead atoms. The van der Waals surface area contributed by atoms with Gasteiger partial charge >= 0.3 is 0 Å². The molecule has 0 unspecified atom stereocenters. The Morgan fingerprint density at radius 3 is 2.42 bits per heavy atom. The Hall–Kier alpha value is -2.44. The molecule has 2 N–H and O–H groups in total. The molecule has 0 radical (unpaired) electrons. The number of carbonyl (C=O) groups excluding carboxylic acids is 1. The highest BCUT2D eigenvalue weighted by Crippen LogP contribution is 2.26. The maximum absolute atomic E-state index is 12.2. The molecule has 0 aliphatic rings. The number of hydrogen-bond acceptors (Lipinski definition) is 5. The van der Waals surface area contributed by atoms with Gasteiger partial charge in [0.2, 0.25) is 0 Å². The van der Waals surface area contributed by atoms with Crippen LogP contribution in [0.15, 0.2) is 82.7 Å². The number of benzene rings is 2. The van der Waals surface area contributed by atoms with Crippen molar-refractivity contribution < 1.29 is 4.79 Å². The van der Waals surface area contributed by atoms with Crippen LogP contribution in [-0.2, 0) is 0 Å². The first-order valence-corrected chi connectivity index (χ1v) is 8.52. The molecule has 120 valence electrons. The van der Waals surface area contributed by atoms with Gasteiger partial charge in [-0.05, 0) is 60.5 Å². The SMILES string of the molecule is O=C(Nc1ccccn1)c1ccc(NSc2ccccc2S)cc1. The van der Waals surface area contributed by atoms with Gasteiger partial charge in [0, 0.05) is 27.2 Å². The predicted molar refractivity (Wildman–Crippen MR) is 102 cm³/mol. The van der Waals surface area contributed by atoms with Gasteiger partial charge in [-0.25, -0.2) is 4.98 Å². The first kappa shape index (κ1) is 16.4.